The lowest BCUT2D eigenvalue weighted by Crippen LogP contribution is -2.52. The predicted molar refractivity (Wildman–Crippen MR) is 127 cm³/mol. The number of amides is 1. The molecule has 0 spiro atoms. The number of aliphatic hydroxyl groups is 1. The third-order valence-corrected chi connectivity index (χ3v) is 5.30. The Labute approximate surface area is 198 Å². The van der Waals surface area contributed by atoms with E-state index in [9.17, 15) is 9.18 Å². The van der Waals surface area contributed by atoms with Gasteiger partial charge in [-0.05, 0) is 42.0 Å². The molecule has 1 aliphatic heterocycles. The minimum Gasteiger partial charge on any atom is -0.497 e. The number of ether oxygens (including phenoxy) is 3. The number of methoxy groups -OCH3 is 1. The van der Waals surface area contributed by atoms with Crippen LogP contribution in [0, 0.1) is 0 Å². The number of hydrogen-bond donors (Lipinski definition) is 3. The van der Waals surface area contributed by atoms with E-state index in [0.717, 1.165) is 0 Å². The molecule has 182 valence electrons. The average molecular weight is 472 g/mol. The Kier molecular flexibility index (Phi) is 9.00. The van der Waals surface area contributed by atoms with Crippen molar-refractivity contribution < 1.29 is 28.5 Å². The molecule has 0 saturated carbocycles. The third kappa shape index (κ3) is 5.73. The first-order valence-corrected chi connectivity index (χ1v) is 11.0. The van der Waals surface area contributed by atoms with Crippen molar-refractivity contribution in [3.8, 4) is 11.5 Å². The summed E-state index contributed by atoms with van der Waals surface area (Å²) >= 11 is 0. The zero-order valence-corrected chi connectivity index (χ0v) is 19.1. The lowest BCUT2D eigenvalue weighted by atomic mass is 9.84. The minimum atomic E-state index is -1.37. The molecule has 8 nitrogen and oxygen atoms in total. The fraction of sp³-hybridized carbons (Fsp3) is 0.360. The summed E-state index contributed by atoms with van der Waals surface area (Å²) in [5.74, 6) is 1.08. The van der Waals surface area contributed by atoms with Gasteiger partial charge in [-0.2, -0.15) is 0 Å². The number of carbonyl (C=O) groups excluding carboxylic acids is 1. The monoisotopic (exact) mass is 471 g/mol. The summed E-state index contributed by atoms with van der Waals surface area (Å²) in [5.41, 5.74) is 5.13. The lowest BCUT2D eigenvalue weighted by molar-refractivity contribution is -0.129. The first-order chi connectivity index (χ1) is 16.6. The predicted octanol–water partition coefficient (Wildman–Crippen LogP) is 2.88. The van der Waals surface area contributed by atoms with Crippen LogP contribution in [-0.4, -0.2) is 56.0 Å². The normalized spacial score (nSPS) is 19.1. The molecule has 3 N–H and O–H groups in total. The molecule has 3 rings (SSSR count). The Balaban J connectivity index is 1.97. The van der Waals surface area contributed by atoms with Gasteiger partial charge in [0, 0.05) is 31.6 Å². The quantitative estimate of drug-likeness (QED) is 0.236. The number of alkyl halides is 1. The van der Waals surface area contributed by atoms with Crippen molar-refractivity contribution in [3.63, 3.8) is 0 Å². The number of aliphatic imine (C=N–C) groups is 1. The average Bonchev–Trinajstić information content (AvgIpc) is 3.25. The fourth-order valence-electron chi connectivity index (χ4n) is 3.64. The summed E-state index contributed by atoms with van der Waals surface area (Å²) in [4.78, 5) is 18.1. The number of nitrogens with zero attached hydrogens (tertiary/aromatic N) is 1. The van der Waals surface area contributed by atoms with Crippen LogP contribution in [0.5, 0.6) is 11.5 Å². The Hall–Kier alpha value is -3.43. The number of aliphatic hydroxyl groups excluding tert-OH is 1. The first kappa shape index (κ1) is 25.2. The highest BCUT2D eigenvalue weighted by Crippen LogP contribution is 2.43. The molecule has 2 atom stereocenters. The largest absolute Gasteiger partial charge is 0.497 e. The van der Waals surface area contributed by atoms with Gasteiger partial charge < -0.3 is 19.3 Å². The molecule has 0 radical (unpaired) electrons. The van der Waals surface area contributed by atoms with Gasteiger partial charge in [0.05, 0.1) is 13.7 Å². The van der Waals surface area contributed by atoms with E-state index in [0.29, 0.717) is 35.7 Å². The smallest absolute Gasteiger partial charge is 0.266 e. The van der Waals surface area contributed by atoms with Crippen molar-refractivity contribution in [1.82, 2.24) is 10.9 Å². The number of hydrogen-bond acceptors (Lipinski definition) is 7. The molecule has 2 aromatic carbocycles. The maximum atomic E-state index is 13.3. The zero-order chi connectivity index (χ0) is 24.4. The van der Waals surface area contributed by atoms with Crippen molar-refractivity contribution in [2.24, 2.45) is 4.99 Å². The van der Waals surface area contributed by atoms with Gasteiger partial charge in [0.2, 0.25) is 5.90 Å². The molecule has 1 aliphatic rings. The second-order valence-corrected chi connectivity index (χ2v) is 7.63. The van der Waals surface area contributed by atoms with Crippen LogP contribution in [0.25, 0.3) is 0 Å². The Bertz CT molecular complexity index is 998. The first-order valence-electron chi connectivity index (χ1n) is 11.0. The molecular weight excluding hydrogens is 441 g/mol. The summed E-state index contributed by atoms with van der Waals surface area (Å²) in [6.45, 7) is 3.60. The van der Waals surface area contributed by atoms with E-state index in [1.165, 1.54) is 0 Å². The van der Waals surface area contributed by atoms with Crippen molar-refractivity contribution in [2.45, 2.75) is 24.5 Å². The lowest BCUT2D eigenvalue weighted by Gasteiger charge is -2.29. The molecule has 0 unspecified atom stereocenters. The number of benzene rings is 2. The number of rotatable bonds is 13. The summed E-state index contributed by atoms with van der Waals surface area (Å²) < 4.78 is 29.8. The van der Waals surface area contributed by atoms with E-state index in [1.54, 1.807) is 49.6 Å². The van der Waals surface area contributed by atoms with E-state index in [-0.39, 0.29) is 25.5 Å². The van der Waals surface area contributed by atoms with Gasteiger partial charge in [-0.3, -0.25) is 10.2 Å². The molecule has 2 aromatic rings. The third-order valence-electron chi connectivity index (χ3n) is 5.30. The van der Waals surface area contributed by atoms with Gasteiger partial charge in [-0.25, -0.2) is 14.8 Å². The van der Waals surface area contributed by atoms with Gasteiger partial charge in [-0.1, -0.05) is 18.2 Å². The number of halogens is 1. The van der Waals surface area contributed by atoms with Crippen LogP contribution in [0.2, 0.25) is 0 Å². The minimum absolute atomic E-state index is 0.0328. The zero-order valence-electron chi connectivity index (χ0n) is 19.1. The molecule has 0 saturated heterocycles. The molecule has 9 heteroatoms. The van der Waals surface area contributed by atoms with Crippen molar-refractivity contribution in [3.05, 3.63) is 72.3 Å². The van der Waals surface area contributed by atoms with Crippen LogP contribution >= 0.6 is 0 Å². The van der Waals surface area contributed by atoms with Gasteiger partial charge >= 0.3 is 0 Å². The Morgan fingerprint density at radius 3 is 2.76 bits per heavy atom. The molecule has 34 heavy (non-hydrogen) atoms. The summed E-state index contributed by atoms with van der Waals surface area (Å²) in [6.07, 6.45) is 1.55. The Morgan fingerprint density at radius 1 is 1.29 bits per heavy atom. The van der Waals surface area contributed by atoms with Crippen molar-refractivity contribution in [1.29, 1.82) is 0 Å². The standard InChI is InChI=1S/C25H30FN3O5/c1-3-12-25(24(31)29-27-14-13-26)22(19-6-4-7-21(17-19)32-2)34-23(28-25)18-8-10-20(11-9-18)33-16-5-15-30/h3-4,6-11,17,22,27,30H,1,5,12-16H2,2H3,(H,29,31)/t22-,25-/m0/s1. The Morgan fingerprint density at radius 2 is 2.09 bits per heavy atom. The van der Waals surface area contributed by atoms with Crippen LogP contribution in [0.4, 0.5) is 4.39 Å². The molecule has 1 heterocycles. The van der Waals surface area contributed by atoms with Crippen LogP contribution in [0.1, 0.15) is 30.1 Å². The summed E-state index contributed by atoms with van der Waals surface area (Å²) in [5, 5.41) is 8.91. The van der Waals surface area contributed by atoms with Gasteiger partial charge in [-0.15, -0.1) is 6.58 Å². The number of carbonyl (C=O) groups is 1. The van der Waals surface area contributed by atoms with Crippen LogP contribution in [0.15, 0.2) is 66.2 Å². The van der Waals surface area contributed by atoms with Crippen LogP contribution in [-0.2, 0) is 9.53 Å². The molecule has 1 amide bonds. The maximum Gasteiger partial charge on any atom is 0.266 e. The topological polar surface area (TPSA) is 101 Å². The van der Waals surface area contributed by atoms with Crippen LogP contribution < -0.4 is 20.3 Å². The van der Waals surface area contributed by atoms with Crippen molar-refractivity contribution in [2.75, 3.05) is 33.5 Å². The maximum absolute atomic E-state index is 13.3. The molecule has 0 aromatic heterocycles. The number of hydrazine groups is 1. The molecule has 0 bridgehead atoms. The highest BCUT2D eigenvalue weighted by molar-refractivity contribution is 6.01. The fourth-order valence-corrected chi connectivity index (χ4v) is 3.64. The highest BCUT2D eigenvalue weighted by Gasteiger charge is 2.52. The molecular formula is C25H30FN3O5. The van der Waals surface area contributed by atoms with Gasteiger partial charge in [0.15, 0.2) is 11.6 Å². The van der Waals surface area contributed by atoms with E-state index in [1.807, 2.05) is 12.1 Å². The number of nitrogens with one attached hydrogen (secondary N) is 2. The second kappa shape index (κ2) is 12.2. The van der Waals surface area contributed by atoms with Crippen LogP contribution in [0.3, 0.4) is 0 Å². The van der Waals surface area contributed by atoms with Gasteiger partial charge in [0.1, 0.15) is 18.2 Å². The van der Waals surface area contributed by atoms with E-state index in [4.69, 9.17) is 24.3 Å². The van der Waals surface area contributed by atoms with E-state index >= 15 is 0 Å². The summed E-state index contributed by atoms with van der Waals surface area (Å²) in [6, 6.07) is 14.4. The van der Waals surface area contributed by atoms with E-state index < -0.39 is 24.2 Å². The summed E-state index contributed by atoms with van der Waals surface area (Å²) in [7, 11) is 1.56. The van der Waals surface area contributed by atoms with E-state index in [2.05, 4.69) is 17.4 Å². The van der Waals surface area contributed by atoms with Gasteiger partial charge in [0.25, 0.3) is 5.91 Å². The molecule has 0 aliphatic carbocycles. The highest BCUT2D eigenvalue weighted by atomic mass is 19.1. The van der Waals surface area contributed by atoms with Crippen molar-refractivity contribution >= 4 is 11.8 Å². The second-order valence-electron chi connectivity index (χ2n) is 7.63. The molecule has 0 fully saturated rings. The SMILES string of the molecule is C=CC[C@]1(C(=O)NNCCF)N=C(c2ccc(OCCCO)cc2)O[C@H]1c1cccc(OC)c1.